The summed E-state index contributed by atoms with van der Waals surface area (Å²) in [5.74, 6) is 0.155. The lowest BCUT2D eigenvalue weighted by Gasteiger charge is -2.18. The van der Waals surface area contributed by atoms with E-state index in [0.29, 0.717) is 11.4 Å². The zero-order chi connectivity index (χ0) is 12.4. The Labute approximate surface area is 97.6 Å². The molecule has 0 fully saturated rings. The maximum absolute atomic E-state index is 12.0. The van der Waals surface area contributed by atoms with E-state index in [1.807, 2.05) is 20.8 Å². The van der Waals surface area contributed by atoms with Crippen molar-refractivity contribution in [2.24, 2.45) is 11.1 Å². The van der Waals surface area contributed by atoms with Crippen molar-refractivity contribution in [3.63, 3.8) is 0 Å². The van der Waals surface area contributed by atoms with Gasteiger partial charge in [0.15, 0.2) is 9.84 Å². The first kappa shape index (κ1) is 13.2. The third kappa shape index (κ3) is 3.61. The second-order valence-electron chi connectivity index (χ2n) is 5.17. The van der Waals surface area contributed by atoms with E-state index in [0.717, 1.165) is 5.56 Å². The molecule has 0 heterocycles. The Morgan fingerprint density at radius 3 is 2.00 bits per heavy atom. The van der Waals surface area contributed by atoms with Gasteiger partial charge in [0.05, 0.1) is 10.6 Å². The fourth-order valence-corrected chi connectivity index (χ4v) is 3.34. The summed E-state index contributed by atoms with van der Waals surface area (Å²) in [6.07, 6.45) is 0. The highest BCUT2D eigenvalue weighted by Gasteiger charge is 2.23. The number of benzene rings is 1. The molecule has 0 aliphatic carbocycles. The van der Waals surface area contributed by atoms with Crippen LogP contribution in [0.5, 0.6) is 0 Å². The molecule has 0 aromatic heterocycles. The minimum absolute atomic E-state index is 0.155. The van der Waals surface area contributed by atoms with Crippen molar-refractivity contribution in [3.05, 3.63) is 29.8 Å². The standard InChI is InChI=1S/C12H19NO2S/c1-12(2,3)9-16(14,15)11-6-4-10(8-13)5-7-11/h4-7H,8-9,13H2,1-3H3. The molecular weight excluding hydrogens is 222 g/mol. The lowest BCUT2D eigenvalue weighted by atomic mass is 10.0. The Morgan fingerprint density at radius 2 is 1.62 bits per heavy atom. The molecule has 1 aromatic carbocycles. The van der Waals surface area contributed by atoms with Crippen LogP contribution in [0.3, 0.4) is 0 Å². The van der Waals surface area contributed by atoms with Crippen LogP contribution in [-0.4, -0.2) is 14.2 Å². The van der Waals surface area contributed by atoms with Crippen LogP contribution in [0.15, 0.2) is 29.2 Å². The van der Waals surface area contributed by atoms with Crippen molar-refractivity contribution in [2.45, 2.75) is 32.2 Å². The highest BCUT2D eigenvalue weighted by molar-refractivity contribution is 7.91. The van der Waals surface area contributed by atoms with Crippen LogP contribution in [0.4, 0.5) is 0 Å². The lowest BCUT2D eigenvalue weighted by molar-refractivity contribution is 0.461. The van der Waals surface area contributed by atoms with Crippen molar-refractivity contribution in [1.29, 1.82) is 0 Å². The smallest absolute Gasteiger partial charge is 0.178 e. The van der Waals surface area contributed by atoms with Crippen LogP contribution in [0.25, 0.3) is 0 Å². The number of hydrogen-bond acceptors (Lipinski definition) is 3. The summed E-state index contributed by atoms with van der Waals surface area (Å²) in [7, 11) is -3.18. The summed E-state index contributed by atoms with van der Waals surface area (Å²) in [6, 6.07) is 6.78. The third-order valence-electron chi connectivity index (χ3n) is 2.14. The van der Waals surface area contributed by atoms with Gasteiger partial charge in [-0.05, 0) is 23.1 Å². The molecule has 4 heteroatoms. The Bertz CT molecular complexity index is 441. The molecule has 1 aromatic rings. The average molecular weight is 241 g/mol. The van der Waals surface area contributed by atoms with Crippen LogP contribution < -0.4 is 5.73 Å². The van der Waals surface area contributed by atoms with E-state index in [1.54, 1.807) is 24.3 Å². The first-order valence-corrected chi connectivity index (χ1v) is 6.92. The maximum atomic E-state index is 12.0. The Balaban J connectivity index is 2.99. The second kappa shape index (κ2) is 4.55. The van der Waals surface area contributed by atoms with E-state index in [2.05, 4.69) is 0 Å². The van der Waals surface area contributed by atoms with Crippen molar-refractivity contribution >= 4 is 9.84 Å². The average Bonchev–Trinajstić information content (AvgIpc) is 2.14. The molecule has 0 atom stereocenters. The lowest BCUT2D eigenvalue weighted by Crippen LogP contribution is -2.20. The van der Waals surface area contributed by atoms with Crippen molar-refractivity contribution < 1.29 is 8.42 Å². The molecule has 1 rings (SSSR count). The van der Waals surface area contributed by atoms with Gasteiger partial charge < -0.3 is 5.73 Å². The molecule has 2 N–H and O–H groups in total. The first-order valence-electron chi connectivity index (χ1n) is 5.26. The number of hydrogen-bond donors (Lipinski definition) is 1. The van der Waals surface area contributed by atoms with E-state index in [4.69, 9.17) is 5.73 Å². The summed E-state index contributed by atoms with van der Waals surface area (Å²) in [5, 5.41) is 0. The van der Waals surface area contributed by atoms with Gasteiger partial charge in [0.2, 0.25) is 0 Å². The highest BCUT2D eigenvalue weighted by Crippen LogP contribution is 2.22. The van der Waals surface area contributed by atoms with E-state index in [9.17, 15) is 8.42 Å². The van der Waals surface area contributed by atoms with Crippen LogP contribution in [0, 0.1) is 5.41 Å². The summed E-state index contributed by atoms with van der Waals surface area (Å²) < 4.78 is 24.0. The Hall–Kier alpha value is -0.870. The summed E-state index contributed by atoms with van der Waals surface area (Å²) in [4.78, 5) is 0.375. The van der Waals surface area contributed by atoms with Gasteiger partial charge in [0.25, 0.3) is 0 Å². The first-order chi connectivity index (χ1) is 7.24. The molecule has 0 saturated carbocycles. The molecule has 16 heavy (non-hydrogen) atoms. The number of nitrogens with two attached hydrogens (primary N) is 1. The Morgan fingerprint density at radius 1 is 1.12 bits per heavy atom. The summed E-state index contributed by atoms with van der Waals surface area (Å²) in [6.45, 7) is 6.18. The SMILES string of the molecule is CC(C)(C)CS(=O)(=O)c1ccc(CN)cc1. The van der Waals surface area contributed by atoms with Gasteiger partial charge >= 0.3 is 0 Å². The maximum Gasteiger partial charge on any atom is 0.178 e. The minimum Gasteiger partial charge on any atom is -0.326 e. The fourth-order valence-electron chi connectivity index (χ4n) is 1.49. The van der Waals surface area contributed by atoms with Crippen LogP contribution in [0.1, 0.15) is 26.3 Å². The molecule has 0 saturated heterocycles. The molecule has 0 aliphatic rings. The van der Waals surface area contributed by atoms with Crippen molar-refractivity contribution in [1.82, 2.24) is 0 Å². The van der Waals surface area contributed by atoms with Gasteiger partial charge in [0, 0.05) is 6.54 Å². The van der Waals surface area contributed by atoms with Crippen LogP contribution in [0.2, 0.25) is 0 Å². The molecule has 0 radical (unpaired) electrons. The normalized spacial score (nSPS) is 12.8. The molecule has 0 amide bonds. The summed E-state index contributed by atoms with van der Waals surface area (Å²) in [5.41, 5.74) is 6.17. The zero-order valence-electron chi connectivity index (χ0n) is 10.0. The Kier molecular flexibility index (Phi) is 3.76. The second-order valence-corrected chi connectivity index (χ2v) is 7.16. The van der Waals surface area contributed by atoms with Gasteiger partial charge in [-0.15, -0.1) is 0 Å². The molecule has 0 aliphatic heterocycles. The van der Waals surface area contributed by atoms with Crippen molar-refractivity contribution in [3.8, 4) is 0 Å². The van der Waals surface area contributed by atoms with Gasteiger partial charge in [-0.25, -0.2) is 8.42 Å². The predicted octanol–water partition coefficient (Wildman–Crippen LogP) is 1.97. The summed E-state index contributed by atoms with van der Waals surface area (Å²) >= 11 is 0. The van der Waals surface area contributed by atoms with E-state index < -0.39 is 9.84 Å². The molecule has 90 valence electrons. The topological polar surface area (TPSA) is 60.2 Å². The van der Waals surface area contributed by atoms with Gasteiger partial charge in [-0.2, -0.15) is 0 Å². The molecule has 0 bridgehead atoms. The molecular formula is C12H19NO2S. The largest absolute Gasteiger partial charge is 0.326 e. The van der Waals surface area contributed by atoms with Gasteiger partial charge in [-0.1, -0.05) is 32.9 Å². The monoisotopic (exact) mass is 241 g/mol. The fraction of sp³-hybridized carbons (Fsp3) is 0.500. The molecule has 3 nitrogen and oxygen atoms in total. The van der Waals surface area contributed by atoms with Crippen molar-refractivity contribution in [2.75, 3.05) is 5.75 Å². The number of sulfone groups is 1. The minimum atomic E-state index is -3.18. The highest BCUT2D eigenvalue weighted by atomic mass is 32.2. The van der Waals surface area contributed by atoms with Gasteiger partial charge in [0.1, 0.15) is 0 Å². The van der Waals surface area contributed by atoms with E-state index >= 15 is 0 Å². The number of rotatable bonds is 3. The zero-order valence-corrected chi connectivity index (χ0v) is 10.8. The van der Waals surface area contributed by atoms with Crippen LogP contribution in [-0.2, 0) is 16.4 Å². The molecule has 0 unspecified atom stereocenters. The van der Waals surface area contributed by atoms with E-state index in [1.165, 1.54) is 0 Å². The van der Waals surface area contributed by atoms with Gasteiger partial charge in [-0.3, -0.25) is 0 Å². The quantitative estimate of drug-likeness (QED) is 0.880. The third-order valence-corrected chi connectivity index (χ3v) is 4.38. The van der Waals surface area contributed by atoms with Crippen LogP contribution >= 0.6 is 0 Å². The van der Waals surface area contributed by atoms with E-state index in [-0.39, 0.29) is 11.2 Å². The molecule has 0 spiro atoms. The predicted molar refractivity (Wildman–Crippen MR) is 65.8 cm³/mol.